The quantitative estimate of drug-likeness (QED) is 0.411. The van der Waals surface area contributed by atoms with Crippen molar-refractivity contribution in [2.24, 2.45) is 5.92 Å². The number of Topliss-reactive ketones (excluding diaryl/α,β-unsaturated/α-hetero) is 1. The van der Waals surface area contributed by atoms with Crippen molar-refractivity contribution in [2.45, 2.75) is 12.8 Å². The number of aliphatic hydroxyl groups is 1. The van der Waals surface area contributed by atoms with Crippen LogP contribution in [0.1, 0.15) is 12.8 Å². The number of carbonyl (C=O) groups is 1. The molecule has 3 aliphatic heterocycles. The van der Waals surface area contributed by atoms with E-state index in [0.29, 0.717) is 5.70 Å². The van der Waals surface area contributed by atoms with E-state index in [9.17, 15) is 4.79 Å². The summed E-state index contributed by atoms with van der Waals surface area (Å²) in [4.78, 5) is 13.3. The summed E-state index contributed by atoms with van der Waals surface area (Å²) in [5.41, 5.74) is 0.521. The molecule has 3 fully saturated rings. The van der Waals surface area contributed by atoms with Gasteiger partial charge < -0.3 is 10.0 Å². The molecule has 0 aromatic rings. The molecule has 60 valence electrons. The maximum Gasteiger partial charge on any atom is 0.185 e. The fraction of sp³-hybridized carbons (Fsp3) is 0.625. The standard InChI is InChI=1S/C8H11NO2/c10-5-7-8(11)6-1-3-9(7)4-2-6/h5-6,10H,1-4H2/b7-5-. The van der Waals surface area contributed by atoms with E-state index in [2.05, 4.69) is 0 Å². The lowest BCUT2D eigenvalue weighted by atomic mass is 9.85. The van der Waals surface area contributed by atoms with Gasteiger partial charge in [0.1, 0.15) is 12.0 Å². The van der Waals surface area contributed by atoms with Gasteiger partial charge in [-0.3, -0.25) is 4.79 Å². The van der Waals surface area contributed by atoms with Crippen molar-refractivity contribution in [3.63, 3.8) is 0 Å². The molecule has 0 atom stereocenters. The predicted molar refractivity (Wildman–Crippen MR) is 40.0 cm³/mol. The van der Waals surface area contributed by atoms with E-state index >= 15 is 0 Å². The first-order valence-electron chi connectivity index (χ1n) is 3.96. The van der Waals surface area contributed by atoms with Gasteiger partial charge in [-0.2, -0.15) is 0 Å². The second kappa shape index (κ2) is 2.26. The van der Waals surface area contributed by atoms with Crippen LogP contribution in [-0.2, 0) is 4.79 Å². The molecule has 0 aliphatic carbocycles. The number of allylic oxidation sites excluding steroid dienone is 1. The lowest BCUT2D eigenvalue weighted by Gasteiger charge is -2.40. The lowest BCUT2D eigenvalue weighted by Crippen LogP contribution is -2.46. The second-order valence-electron chi connectivity index (χ2n) is 3.14. The minimum absolute atomic E-state index is 0.130. The summed E-state index contributed by atoms with van der Waals surface area (Å²) >= 11 is 0. The van der Waals surface area contributed by atoms with E-state index in [-0.39, 0.29) is 11.7 Å². The van der Waals surface area contributed by atoms with Crippen LogP contribution in [0.2, 0.25) is 0 Å². The summed E-state index contributed by atoms with van der Waals surface area (Å²) in [7, 11) is 0. The van der Waals surface area contributed by atoms with Crippen LogP contribution in [-0.4, -0.2) is 28.9 Å². The normalized spacial score (nSPS) is 28.5. The third kappa shape index (κ3) is 0.836. The topological polar surface area (TPSA) is 40.5 Å². The lowest BCUT2D eigenvalue weighted by molar-refractivity contribution is -0.125. The number of nitrogens with zero attached hydrogens (tertiary/aromatic N) is 1. The van der Waals surface area contributed by atoms with Crippen LogP contribution in [0.3, 0.4) is 0 Å². The van der Waals surface area contributed by atoms with E-state index in [1.807, 2.05) is 4.90 Å². The molecule has 3 rings (SSSR count). The van der Waals surface area contributed by atoms with Gasteiger partial charge >= 0.3 is 0 Å². The highest BCUT2D eigenvalue weighted by Gasteiger charge is 2.36. The smallest absolute Gasteiger partial charge is 0.185 e. The fourth-order valence-corrected chi connectivity index (χ4v) is 1.89. The Bertz CT molecular complexity index is 214. The average Bonchev–Trinajstić information content (AvgIpc) is 2.06. The number of hydrogen-bond donors (Lipinski definition) is 1. The third-order valence-corrected chi connectivity index (χ3v) is 2.58. The maximum absolute atomic E-state index is 11.3. The van der Waals surface area contributed by atoms with Gasteiger partial charge in [0, 0.05) is 19.0 Å². The largest absolute Gasteiger partial charge is 0.513 e. The van der Waals surface area contributed by atoms with E-state index in [1.54, 1.807) is 0 Å². The molecule has 1 N–H and O–H groups in total. The van der Waals surface area contributed by atoms with Crippen molar-refractivity contribution in [1.82, 2.24) is 4.90 Å². The van der Waals surface area contributed by atoms with Crippen molar-refractivity contribution in [1.29, 1.82) is 0 Å². The molecule has 3 heterocycles. The van der Waals surface area contributed by atoms with Gasteiger partial charge in [0.15, 0.2) is 5.78 Å². The zero-order chi connectivity index (χ0) is 7.84. The summed E-state index contributed by atoms with van der Waals surface area (Å²) < 4.78 is 0. The molecular formula is C8H11NO2. The van der Waals surface area contributed by atoms with Crippen LogP contribution in [0.25, 0.3) is 0 Å². The molecule has 2 bridgehead atoms. The van der Waals surface area contributed by atoms with Crippen LogP contribution >= 0.6 is 0 Å². The predicted octanol–water partition coefficient (Wildman–Crippen LogP) is 0.680. The zero-order valence-electron chi connectivity index (χ0n) is 6.29. The van der Waals surface area contributed by atoms with E-state index in [0.717, 1.165) is 32.2 Å². The molecule has 3 nitrogen and oxygen atoms in total. The summed E-state index contributed by atoms with van der Waals surface area (Å²) in [6, 6.07) is 0. The Kier molecular flexibility index (Phi) is 1.37. The zero-order valence-corrected chi connectivity index (χ0v) is 6.29. The van der Waals surface area contributed by atoms with Gasteiger partial charge in [-0.05, 0) is 12.8 Å². The van der Waals surface area contributed by atoms with Gasteiger partial charge in [-0.15, -0.1) is 0 Å². The first kappa shape index (κ1) is 6.70. The van der Waals surface area contributed by atoms with Crippen LogP contribution < -0.4 is 0 Å². The van der Waals surface area contributed by atoms with Gasteiger partial charge in [-0.1, -0.05) is 0 Å². The molecule has 3 saturated heterocycles. The highest BCUT2D eigenvalue weighted by Crippen LogP contribution is 2.30. The number of aliphatic hydroxyl groups excluding tert-OH is 1. The summed E-state index contributed by atoms with van der Waals surface area (Å²) in [6.45, 7) is 1.87. The number of piperidine rings is 3. The third-order valence-electron chi connectivity index (χ3n) is 2.58. The Morgan fingerprint density at radius 2 is 2.09 bits per heavy atom. The number of carbonyl (C=O) groups excluding carboxylic acids is 1. The molecule has 0 radical (unpaired) electrons. The minimum Gasteiger partial charge on any atom is -0.513 e. The average molecular weight is 153 g/mol. The van der Waals surface area contributed by atoms with E-state index in [1.165, 1.54) is 0 Å². The van der Waals surface area contributed by atoms with Crippen molar-refractivity contribution in [2.75, 3.05) is 13.1 Å². The number of ketones is 1. The van der Waals surface area contributed by atoms with Crippen LogP contribution in [0.4, 0.5) is 0 Å². The number of hydrogen-bond acceptors (Lipinski definition) is 3. The second-order valence-corrected chi connectivity index (χ2v) is 3.14. The molecule has 11 heavy (non-hydrogen) atoms. The molecular weight excluding hydrogens is 142 g/mol. The Hall–Kier alpha value is -0.990. The fourth-order valence-electron chi connectivity index (χ4n) is 1.89. The summed E-state index contributed by atoms with van der Waals surface area (Å²) in [5, 5.41) is 8.76. The van der Waals surface area contributed by atoms with Gasteiger partial charge in [-0.25, -0.2) is 0 Å². The van der Waals surface area contributed by atoms with Crippen molar-refractivity contribution < 1.29 is 9.90 Å². The van der Waals surface area contributed by atoms with Gasteiger partial charge in [0.25, 0.3) is 0 Å². The summed E-state index contributed by atoms with van der Waals surface area (Å²) in [5.74, 6) is 0.323. The van der Waals surface area contributed by atoms with Crippen molar-refractivity contribution >= 4 is 5.78 Å². The van der Waals surface area contributed by atoms with Crippen molar-refractivity contribution in [3.05, 3.63) is 12.0 Å². The molecule has 0 unspecified atom stereocenters. The van der Waals surface area contributed by atoms with Crippen LogP contribution in [0, 0.1) is 5.92 Å². The van der Waals surface area contributed by atoms with Gasteiger partial charge in [0.2, 0.25) is 0 Å². The molecule has 0 aromatic carbocycles. The summed E-state index contributed by atoms with van der Waals surface area (Å²) in [6.07, 6.45) is 2.89. The minimum atomic E-state index is 0.130. The number of rotatable bonds is 0. The Morgan fingerprint density at radius 1 is 1.45 bits per heavy atom. The maximum atomic E-state index is 11.3. The SMILES string of the molecule is O=C1/C(=C/O)N2CCC1CC2. The van der Waals surface area contributed by atoms with Crippen LogP contribution in [0.5, 0.6) is 0 Å². The van der Waals surface area contributed by atoms with Crippen LogP contribution in [0.15, 0.2) is 12.0 Å². The Labute approximate surface area is 65.3 Å². The first-order valence-corrected chi connectivity index (χ1v) is 3.96. The molecule has 0 spiro atoms. The molecule has 0 aromatic heterocycles. The highest BCUT2D eigenvalue weighted by molar-refractivity contribution is 5.97. The van der Waals surface area contributed by atoms with E-state index < -0.39 is 0 Å². The Morgan fingerprint density at radius 3 is 2.45 bits per heavy atom. The van der Waals surface area contributed by atoms with Gasteiger partial charge in [0.05, 0.1) is 0 Å². The monoisotopic (exact) mass is 153 g/mol. The highest BCUT2D eigenvalue weighted by atomic mass is 16.2. The van der Waals surface area contributed by atoms with E-state index in [4.69, 9.17) is 5.11 Å². The molecule has 3 aliphatic rings. The molecule has 3 heteroatoms. The number of fused-ring (bicyclic) bond motifs is 3. The van der Waals surface area contributed by atoms with Crippen molar-refractivity contribution in [3.8, 4) is 0 Å². The first-order chi connectivity index (χ1) is 5.33. The molecule has 0 amide bonds. The molecule has 0 saturated carbocycles. The Balaban J connectivity index is 2.30.